The Labute approximate surface area is 137 Å². The Morgan fingerprint density at radius 3 is 2.62 bits per heavy atom. The predicted molar refractivity (Wildman–Crippen MR) is 87.1 cm³/mol. The minimum Gasteiger partial charge on any atom is -0.508 e. The van der Waals surface area contributed by atoms with Crippen molar-refractivity contribution >= 4 is 50.0 Å². The number of halogens is 2. The fourth-order valence-electron chi connectivity index (χ4n) is 1.63. The Morgan fingerprint density at radius 1 is 1.19 bits per heavy atom. The fraction of sp³-hybridized carbons (Fsp3) is 0. The lowest BCUT2D eigenvalue weighted by Gasteiger charge is -1.95. The summed E-state index contributed by atoms with van der Waals surface area (Å²) in [5.41, 5.74) is 0.830. The molecule has 2 heterocycles. The van der Waals surface area contributed by atoms with Crippen molar-refractivity contribution in [2.45, 2.75) is 0 Å². The lowest BCUT2D eigenvalue weighted by molar-refractivity contribution is 0.475. The van der Waals surface area contributed by atoms with E-state index in [0.29, 0.717) is 10.9 Å². The highest BCUT2D eigenvalue weighted by molar-refractivity contribution is 9.11. The first-order chi connectivity index (χ1) is 10.1. The molecule has 0 aliphatic rings. The largest absolute Gasteiger partial charge is 0.508 e. The number of nitrogens with zero attached hydrogens (tertiary/aromatic N) is 2. The molecule has 2 aromatic heterocycles. The Kier molecular flexibility index (Phi) is 4.10. The van der Waals surface area contributed by atoms with Gasteiger partial charge in [-0.05, 0) is 51.8 Å². The van der Waals surface area contributed by atoms with Crippen molar-refractivity contribution in [1.82, 2.24) is 10.2 Å². The summed E-state index contributed by atoms with van der Waals surface area (Å²) >= 11 is 11.1. The Balaban J connectivity index is 1.87. The minimum atomic E-state index is 0.201. The van der Waals surface area contributed by atoms with Gasteiger partial charge in [-0.2, -0.15) is 0 Å². The number of hydrogen-bond donors (Lipinski definition) is 1. The Morgan fingerprint density at radius 2 is 1.95 bits per heavy atom. The summed E-state index contributed by atoms with van der Waals surface area (Å²) in [5.74, 6) is 0.883. The van der Waals surface area contributed by atoms with Gasteiger partial charge in [0.1, 0.15) is 10.8 Å². The quantitative estimate of drug-likeness (QED) is 0.691. The number of phenolic OH excluding ortho intramolecular Hbond substituents is 1. The van der Waals surface area contributed by atoms with Crippen LogP contribution in [0.15, 0.2) is 44.6 Å². The maximum atomic E-state index is 9.24. The molecule has 106 valence electrons. The lowest BCUT2D eigenvalue weighted by atomic mass is 10.2. The van der Waals surface area contributed by atoms with E-state index in [9.17, 15) is 5.11 Å². The van der Waals surface area contributed by atoms with E-state index in [2.05, 4.69) is 26.1 Å². The summed E-state index contributed by atoms with van der Waals surface area (Å²) in [6.07, 6.45) is 1.70. The third-order valence-electron chi connectivity index (χ3n) is 2.60. The highest BCUT2D eigenvalue weighted by Crippen LogP contribution is 2.32. The number of aromatic hydroxyl groups is 1. The average Bonchev–Trinajstić information content (AvgIpc) is 3.10. The van der Waals surface area contributed by atoms with Crippen LogP contribution in [0, 0.1) is 0 Å². The van der Waals surface area contributed by atoms with Crippen molar-refractivity contribution in [3.05, 3.63) is 51.6 Å². The zero-order chi connectivity index (χ0) is 14.8. The van der Waals surface area contributed by atoms with E-state index in [-0.39, 0.29) is 11.6 Å². The van der Waals surface area contributed by atoms with Crippen molar-refractivity contribution in [1.29, 1.82) is 0 Å². The van der Waals surface area contributed by atoms with Crippen molar-refractivity contribution in [2.24, 2.45) is 0 Å². The predicted octanol–water partition coefficient (Wildman–Crippen LogP) is 5.00. The highest BCUT2D eigenvalue weighted by Gasteiger charge is 2.12. The van der Waals surface area contributed by atoms with Crippen LogP contribution in [0.5, 0.6) is 5.75 Å². The topological polar surface area (TPSA) is 59.2 Å². The first kappa shape index (κ1) is 14.3. The maximum absolute atomic E-state index is 9.24. The molecule has 0 aliphatic heterocycles. The van der Waals surface area contributed by atoms with Crippen molar-refractivity contribution in [3.63, 3.8) is 0 Å². The number of phenols is 1. The SMILES string of the molecule is Oc1ccc(/C=C(\Cl)c2nnc(-c3ccc(Br)s3)o2)cc1. The van der Waals surface area contributed by atoms with E-state index >= 15 is 0 Å². The lowest BCUT2D eigenvalue weighted by Crippen LogP contribution is -1.78. The van der Waals surface area contributed by atoms with Gasteiger partial charge in [-0.3, -0.25) is 0 Å². The average molecular weight is 384 g/mol. The van der Waals surface area contributed by atoms with Crippen LogP contribution >= 0.6 is 38.9 Å². The molecule has 0 aliphatic carbocycles. The van der Waals surface area contributed by atoms with Crippen LogP contribution in [0.3, 0.4) is 0 Å². The number of benzene rings is 1. The molecule has 0 amide bonds. The molecule has 0 atom stereocenters. The highest BCUT2D eigenvalue weighted by atomic mass is 79.9. The van der Waals surface area contributed by atoms with Crippen LogP contribution < -0.4 is 0 Å². The van der Waals surface area contributed by atoms with Crippen LogP contribution in [0.2, 0.25) is 0 Å². The summed E-state index contributed by atoms with van der Waals surface area (Å²) in [5, 5.41) is 17.5. The van der Waals surface area contributed by atoms with E-state index in [1.807, 2.05) is 12.1 Å². The van der Waals surface area contributed by atoms with Crippen LogP contribution in [0.1, 0.15) is 11.5 Å². The molecule has 0 unspecified atom stereocenters. The molecular weight excluding hydrogens is 376 g/mol. The second-order valence-corrected chi connectivity index (χ2v) is 6.97. The van der Waals surface area contributed by atoms with Gasteiger partial charge in [0.15, 0.2) is 0 Å². The normalized spacial score (nSPS) is 11.8. The maximum Gasteiger partial charge on any atom is 0.259 e. The monoisotopic (exact) mass is 382 g/mol. The summed E-state index contributed by atoms with van der Waals surface area (Å²) in [7, 11) is 0. The summed E-state index contributed by atoms with van der Waals surface area (Å²) in [6, 6.07) is 10.5. The minimum absolute atomic E-state index is 0.201. The first-order valence-electron chi connectivity index (χ1n) is 5.87. The molecule has 0 saturated carbocycles. The van der Waals surface area contributed by atoms with E-state index in [1.165, 1.54) is 11.3 Å². The summed E-state index contributed by atoms with van der Waals surface area (Å²) in [4.78, 5) is 0.870. The van der Waals surface area contributed by atoms with Gasteiger partial charge in [0.25, 0.3) is 11.8 Å². The van der Waals surface area contributed by atoms with E-state index in [0.717, 1.165) is 14.2 Å². The van der Waals surface area contributed by atoms with Gasteiger partial charge >= 0.3 is 0 Å². The molecule has 21 heavy (non-hydrogen) atoms. The molecule has 4 nitrogen and oxygen atoms in total. The van der Waals surface area contributed by atoms with Crippen molar-refractivity contribution < 1.29 is 9.52 Å². The van der Waals surface area contributed by atoms with E-state index < -0.39 is 0 Å². The summed E-state index contributed by atoms with van der Waals surface area (Å²) in [6.45, 7) is 0. The van der Waals surface area contributed by atoms with Gasteiger partial charge in [-0.15, -0.1) is 21.5 Å². The van der Waals surface area contributed by atoms with Crippen LogP contribution in [-0.4, -0.2) is 15.3 Å². The van der Waals surface area contributed by atoms with Gasteiger partial charge in [-0.25, -0.2) is 0 Å². The van der Waals surface area contributed by atoms with Crippen LogP contribution in [0.25, 0.3) is 21.9 Å². The van der Waals surface area contributed by atoms with Crippen molar-refractivity contribution in [3.8, 4) is 16.5 Å². The van der Waals surface area contributed by atoms with E-state index in [1.54, 1.807) is 30.3 Å². The zero-order valence-electron chi connectivity index (χ0n) is 10.5. The van der Waals surface area contributed by atoms with Crippen LogP contribution in [-0.2, 0) is 0 Å². The second kappa shape index (κ2) is 6.01. The number of aromatic nitrogens is 2. The molecule has 0 spiro atoms. The Hall–Kier alpha value is -1.63. The third-order valence-corrected chi connectivity index (χ3v) is 4.48. The summed E-state index contributed by atoms with van der Waals surface area (Å²) < 4.78 is 6.55. The number of rotatable bonds is 3. The fourth-order valence-corrected chi connectivity index (χ4v) is 3.14. The van der Waals surface area contributed by atoms with Gasteiger partial charge in [0.05, 0.1) is 8.66 Å². The molecule has 0 fully saturated rings. The van der Waals surface area contributed by atoms with Crippen molar-refractivity contribution in [2.75, 3.05) is 0 Å². The molecule has 3 rings (SSSR count). The van der Waals surface area contributed by atoms with Crippen LogP contribution in [0.4, 0.5) is 0 Å². The zero-order valence-corrected chi connectivity index (χ0v) is 13.6. The van der Waals surface area contributed by atoms with Gasteiger partial charge in [0, 0.05) is 0 Å². The van der Waals surface area contributed by atoms with Gasteiger partial charge in [0.2, 0.25) is 0 Å². The standard InChI is InChI=1S/C14H8BrClN2O2S/c15-12-6-5-11(21-12)14-18-17-13(20-14)10(16)7-8-1-3-9(19)4-2-8/h1-7,19H/b10-7-. The molecule has 1 aromatic carbocycles. The molecule has 0 bridgehead atoms. The molecule has 0 radical (unpaired) electrons. The first-order valence-corrected chi connectivity index (χ1v) is 7.86. The third kappa shape index (κ3) is 3.34. The van der Waals surface area contributed by atoms with Gasteiger partial charge in [-0.1, -0.05) is 23.7 Å². The smallest absolute Gasteiger partial charge is 0.259 e. The molecule has 3 aromatic rings. The number of thiophene rings is 1. The Bertz CT molecular complexity index is 795. The van der Waals surface area contributed by atoms with E-state index in [4.69, 9.17) is 16.0 Å². The number of hydrogen-bond acceptors (Lipinski definition) is 5. The molecule has 7 heteroatoms. The molecule has 0 saturated heterocycles. The van der Waals surface area contributed by atoms with Gasteiger partial charge < -0.3 is 9.52 Å². The second-order valence-electron chi connectivity index (χ2n) is 4.10. The molecular formula is C14H8BrClN2O2S. The molecule has 1 N–H and O–H groups in total.